The number of fused-ring (bicyclic) bond motifs is 1. The van der Waals surface area contributed by atoms with Gasteiger partial charge in [0.25, 0.3) is 5.56 Å². The van der Waals surface area contributed by atoms with Gasteiger partial charge < -0.3 is 15.6 Å². The van der Waals surface area contributed by atoms with E-state index in [-0.39, 0.29) is 11.5 Å². The number of aromatic amines is 1. The molecule has 0 atom stereocenters. The normalized spacial score (nSPS) is 15.7. The highest BCUT2D eigenvalue weighted by atomic mass is 16.2. The fourth-order valence-electron chi connectivity index (χ4n) is 3.13. The Labute approximate surface area is 134 Å². The Hall–Kier alpha value is -2.21. The van der Waals surface area contributed by atoms with Gasteiger partial charge in [0.05, 0.1) is 23.8 Å². The van der Waals surface area contributed by atoms with E-state index in [2.05, 4.69) is 20.6 Å². The first-order valence-corrected chi connectivity index (χ1v) is 8.20. The molecule has 3 rings (SSSR count). The van der Waals surface area contributed by atoms with Crippen LogP contribution in [-0.4, -0.2) is 29.0 Å². The first-order valence-electron chi connectivity index (χ1n) is 8.20. The van der Waals surface area contributed by atoms with Crippen LogP contribution < -0.4 is 16.2 Å². The second-order valence-electron chi connectivity index (χ2n) is 6.15. The van der Waals surface area contributed by atoms with E-state index in [0.29, 0.717) is 29.1 Å². The van der Waals surface area contributed by atoms with E-state index in [9.17, 15) is 9.59 Å². The van der Waals surface area contributed by atoms with Crippen molar-refractivity contribution in [2.24, 2.45) is 5.92 Å². The second-order valence-corrected chi connectivity index (χ2v) is 6.15. The molecule has 23 heavy (non-hydrogen) atoms. The van der Waals surface area contributed by atoms with Gasteiger partial charge in [0.2, 0.25) is 5.91 Å². The van der Waals surface area contributed by atoms with Crippen molar-refractivity contribution in [1.82, 2.24) is 15.3 Å². The molecule has 1 fully saturated rings. The Morgan fingerprint density at radius 2 is 2.09 bits per heavy atom. The lowest BCUT2D eigenvalue weighted by molar-refractivity contribution is -0.115. The van der Waals surface area contributed by atoms with E-state index in [0.717, 1.165) is 6.54 Å². The molecule has 1 amide bonds. The lowest BCUT2D eigenvalue weighted by atomic mass is 9.89. The number of benzene rings is 1. The first-order chi connectivity index (χ1) is 11.2. The Balaban J connectivity index is 1.52. The van der Waals surface area contributed by atoms with Crippen molar-refractivity contribution < 1.29 is 4.79 Å². The van der Waals surface area contributed by atoms with Crippen molar-refractivity contribution in [3.05, 3.63) is 34.9 Å². The number of nitrogens with zero attached hydrogens (tertiary/aromatic N) is 1. The summed E-state index contributed by atoms with van der Waals surface area (Å²) in [7, 11) is 0. The second kappa shape index (κ2) is 7.37. The van der Waals surface area contributed by atoms with Crippen molar-refractivity contribution in [2.75, 3.05) is 18.4 Å². The minimum Gasteiger partial charge on any atom is -0.325 e. The van der Waals surface area contributed by atoms with Crippen LogP contribution in [0.4, 0.5) is 5.69 Å². The molecule has 0 saturated heterocycles. The van der Waals surface area contributed by atoms with Crippen LogP contribution in [0, 0.1) is 5.92 Å². The van der Waals surface area contributed by atoms with Gasteiger partial charge in [-0.2, -0.15) is 0 Å². The maximum Gasteiger partial charge on any atom is 0.258 e. The molecule has 0 radical (unpaired) electrons. The van der Waals surface area contributed by atoms with Crippen molar-refractivity contribution >= 4 is 22.5 Å². The van der Waals surface area contributed by atoms with Crippen molar-refractivity contribution in [2.45, 2.75) is 32.1 Å². The van der Waals surface area contributed by atoms with Gasteiger partial charge in [-0.05, 0) is 43.5 Å². The van der Waals surface area contributed by atoms with E-state index < -0.39 is 0 Å². The molecule has 0 bridgehead atoms. The minimum absolute atomic E-state index is 0.0787. The number of carbonyl (C=O) groups is 1. The van der Waals surface area contributed by atoms with Crippen LogP contribution in [-0.2, 0) is 4.79 Å². The van der Waals surface area contributed by atoms with E-state index >= 15 is 0 Å². The highest BCUT2D eigenvalue weighted by molar-refractivity contribution is 5.94. The summed E-state index contributed by atoms with van der Waals surface area (Å²) in [6.45, 7) is 1.21. The van der Waals surface area contributed by atoms with Crippen LogP contribution in [0.1, 0.15) is 32.1 Å². The Bertz CT molecular complexity index is 735. The number of amides is 1. The first kappa shape index (κ1) is 15.7. The predicted molar refractivity (Wildman–Crippen MR) is 90.4 cm³/mol. The SMILES string of the molecule is O=C(CNCC1CCCCC1)Nc1ccc2c(=O)[nH]cnc2c1. The number of H-pyrrole nitrogens is 1. The van der Waals surface area contributed by atoms with Crippen molar-refractivity contribution in [3.63, 3.8) is 0 Å². The summed E-state index contributed by atoms with van der Waals surface area (Å²) in [6.07, 6.45) is 7.85. The zero-order valence-corrected chi connectivity index (χ0v) is 13.1. The number of aromatic nitrogens is 2. The summed E-state index contributed by atoms with van der Waals surface area (Å²) in [6, 6.07) is 5.11. The molecule has 3 N–H and O–H groups in total. The predicted octanol–water partition coefficient (Wildman–Crippen LogP) is 2.03. The van der Waals surface area contributed by atoms with E-state index in [1.807, 2.05) is 0 Å². The lowest BCUT2D eigenvalue weighted by Gasteiger charge is -2.21. The smallest absolute Gasteiger partial charge is 0.258 e. The molecule has 0 unspecified atom stereocenters. The van der Waals surface area contributed by atoms with Gasteiger partial charge in [0.15, 0.2) is 0 Å². The molecular weight excluding hydrogens is 292 g/mol. The van der Waals surface area contributed by atoms with Gasteiger partial charge >= 0.3 is 0 Å². The topological polar surface area (TPSA) is 86.9 Å². The van der Waals surface area contributed by atoms with Gasteiger partial charge in [-0.15, -0.1) is 0 Å². The summed E-state index contributed by atoms with van der Waals surface area (Å²) in [4.78, 5) is 30.2. The molecule has 1 aliphatic rings. The quantitative estimate of drug-likeness (QED) is 0.788. The molecule has 0 spiro atoms. The van der Waals surface area contributed by atoms with Crippen LogP contribution in [0.5, 0.6) is 0 Å². The molecule has 0 aliphatic heterocycles. The lowest BCUT2D eigenvalue weighted by Crippen LogP contribution is -2.32. The standard InChI is InChI=1S/C17H22N4O2/c22-16(10-18-9-12-4-2-1-3-5-12)21-13-6-7-14-15(8-13)19-11-20-17(14)23/h6-8,11-12,18H,1-5,9-10H2,(H,21,22)(H,19,20,23). The summed E-state index contributed by atoms with van der Waals surface area (Å²) >= 11 is 0. The van der Waals surface area contributed by atoms with E-state index in [1.165, 1.54) is 38.4 Å². The van der Waals surface area contributed by atoms with Crippen LogP contribution in [0.25, 0.3) is 10.9 Å². The molecular formula is C17H22N4O2. The Kier molecular flexibility index (Phi) is 5.02. The van der Waals surface area contributed by atoms with Crippen LogP contribution in [0.3, 0.4) is 0 Å². The Morgan fingerprint density at radius 3 is 2.91 bits per heavy atom. The minimum atomic E-state index is -0.179. The average Bonchev–Trinajstić information content (AvgIpc) is 2.56. The monoisotopic (exact) mass is 314 g/mol. The Morgan fingerprint density at radius 1 is 1.26 bits per heavy atom. The van der Waals surface area contributed by atoms with Crippen LogP contribution in [0.15, 0.2) is 29.3 Å². The molecule has 1 aromatic carbocycles. The molecule has 2 aromatic rings. The highest BCUT2D eigenvalue weighted by Gasteiger charge is 2.13. The number of hydrogen-bond acceptors (Lipinski definition) is 4. The summed E-state index contributed by atoms with van der Waals surface area (Å²) < 4.78 is 0. The summed E-state index contributed by atoms with van der Waals surface area (Å²) in [5, 5.41) is 6.59. The zero-order chi connectivity index (χ0) is 16.1. The van der Waals surface area contributed by atoms with E-state index in [4.69, 9.17) is 0 Å². The number of carbonyl (C=O) groups excluding carboxylic acids is 1. The van der Waals surface area contributed by atoms with Gasteiger partial charge in [-0.3, -0.25) is 9.59 Å². The summed E-state index contributed by atoms with van der Waals surface area (Å²) in [5.41, 5.74) is 1.05. The molecule has 1 aliphatic carbocycles. The average molecular weight is 314 g/mol. The molecule has 122 valence electrons. The zero-order valence-electron chi connectivity index (χ0n) is 13.1. The fourth-order valence-corrected chi connectivity index (χ4v) is 3.13. The molecule has 1 saturated carbocycles. The van der Waals surface area contributed by atoms with E-state index in [1.54, 1.807) is 18.2 Å². The van der Waals surface area contributed by atoms with Gasteiger partial charge in [-0.25, -0.2) is 4.98 Å². The maximum absolute atomic E-state index is 12.0. The fraction of sp³-hybridized carbons (Fsp3) is 0.471. The van der Waals surface area contributed by atoms with Gasteiger partial charge in [0, 0.05) is 5.69 Å². The largest absolute Gasteiger partial charge is 0.325 e. The van der Waals surface area contributed by atoms with Crippen LogP contribution >= 0.6 is 0 Å². The number of anilines is 1. The third kappa shape index (κ3) is 4.16. The maximum atomic E-state index is 12.0. The highest BCUT2D eigenvalue weighted by Crippen LogP contribution is 2.22. The van der Waals surface area contributed by atoms with Gasteiger partial charge in [0.1, 0.15) is 0 Å². The van der Waals surface area contributed by atoms with Gasteiger partial charge in [-0.1, -0.05) is 19.3 Å². The molecule has 1 aromatic heterocycles. The molecule has 1 heterocycles. The van der Waals surface area contributed by atoms with Crippen molar-refractivity contribution in [3.8, 4) is 0 Å². The third-order valence-corrected chi connectivity index (χ3v) is 4.37. The molecule has 6 nitrogen and oxygen atoms in total. The van der Waals surface area contributed by atoms with Crippen molar-refractivity contribution in [1.29, 1.82) is 0 Å². The van der Waals surface area contributed by atoms with Crippen LogP contribution in [0.2, 0.25) is 0 Å². The number of rotatable bonds is 5. The third-order valence-electron chi connectivity index (χ3n) is 4.37. The summed E-state index contributed by atoms with van der Waals surface area (Å²) in [5.74, 6) is 0.623. The number of nitrogens with one attached hydrogen (secondary N) is 3. The number of hydrogen-bond donors (Lipinski definition) is 3. The molecule has 6 heteroatoms.